The third kappa shape index (κ3) is 5.04. The van der Waals surface area contributed by atoms with Gasteiger partial charge >= 0.3 is 5.97 Å². The highest BCUT2D eigenvalue weighted by Gasteiger charge is 2.51. The lowest BCUT2D eigenvalue weighted by atomic mass is 9.77. The van der Waals surface area contributed by atoms with Gasteiger partial charge in [0.25, 0.3) is 0 Å². The van der Waals surface area contributed by atoms with Gasteiger partial charge < -0.3 is 5.11 Å². The number of carboxylic acids is 1. The third-order valence-corrected chi connectivity index (χ3v) is 11.9. The first-order chi connectivity index (χ1) is 14.8. The summed E-state index contributed by atoms with van der Waals surface area (Å²) in [6.07, 6.45) is 12.7. The lowest BCUT2D eigenvalue weighted by molar-refractivity contribution is -0.133. The van der Waals surface area contributed by atoms with E-state index in [2.05, 4.69) is 11.2 Å². The number of aliphatic carboxylic acids is 1. The largest absolute Gasteiger partial charge is 0.478 e. The van der Waals surface area contributed by atoms with Crippen molar-refractivity contribution in [1.29, 1.82) is 0 Å². The number of carboxylic acid groups (broad SMARTS) is 1. The Morgan fingerprint density at radius 2 is 1.90 bits per heavy atom. The van der Waals surface area contributed by atoms with Gasteiger partial charge in [-0.15, -0.1) is 45.5 Å². The second-order valence-corrected chi connectivity index (χ2v) is 14.4. The quantitative estimate of drug-likeness (QED) is 0.327. The molecule has 2 heterocycles. The van der Waals surface area contributed by atoms with Gasteiger partial charge in [0.05, 0.1) is 11.6 Å². The third-order valence-electron chi connectivity index (χ3n) is 7.90. The molecule has 7 atom stereocenters. The molecule has 3 nitrogen and oxygen atoms in total. The Balaban J connectivity index is 1.75. The summed E-state index contributed by atoms with van der Waals surface area (Å²) < 4.78 is 2.68. The molecule has 4 rings (SSSR count). The summed E-state index contributed by atoms with van der Waals surface area (Å²) in [6, 6.07) is 0.336. The van der Waals surface area contributed by atoms with E-state index in [-0.39, 0.29) is 33.4 Å². The number of hydrogen-bond acceptors (Lipinski definition) is 2. The topological polar surface area (TPSA) is 40.5 Å². The average molecular weight is 509 g/mol. The van der Waals surface area contributed by atoms with E-state index in [1.165, 1.54) is 17.7 Å². The highest BCUT2D eigenvalue weighted by atomic mass is 35.5. The fraction of sp³-hybridized carbons (Fsp3) is 0.833. The van der Waals surface area contributed by atoms with E-state index >= 15 is 0 Å². The SMILES string of the molecule is CC1=S(C2CCC(Cl)CC2)N2C(C3CCCC(Cl)C3)CC=C(C(=O)O)C2C1CC(C)Cl. The number of rotatable bonds is 5. The fourth-order valence-corrected chi connectivity index (χ4v) is 10.8. The van der Waals surface area contributed by atoms with E-state index in [1.807, 2.05) is 13.0 Å². The molecule has 1 N–H and O–H groups in total. The van der Waals surface area contributed by atoms with Crippen molar-refractivity contribution >= 4 is 56.3 Å². The van der Waals surface area contributed by atoms with Gasteiger partial charge in [-0.25, -0.2) is 9.10 Å². The molecule has 4 aliphatic rings. The molecule has 0 amide bonds. The smallest absolute Gasteiger partial charge is 0.332 e. The second kappa shape index (κ2) is 10.3. The molecule has 2 aliphatic heterocycles. The molecule has 2 saturated carbocycles. The van der Waals surface area contributed by atoms with E-state index in [4.69, 9.17) is 34.8 Å². The molecule has 2 fully saturated rings. The average Bonchev–Trinajstić information content (AvgIpc) is 3.00. The van der Waals surface area contributed by atoms with Crippen molar-refractivity contribution in [2.75, 3.05) is 0 Å². The van der Waals surface area contributed by atoms with Crippen LogP contribution in [0.5, 0.6) is 0 Å². The van der Waals surface area contributed by atoms with Crippen LogP contribution in [-0.4, -0.2) is 53.7 Å². The Labute approximate surface area is 204 Å². The van der Waals surface area contributed by atoms with Crippen molar-refractivity contribution in [3.8, 4) is 0 Å². The van der Waals surface area contributed by atoms with Gasteiger partial charge in [0.15, 0.2) is 0 Å². The van der Waals surface area contributed by atoms with Crippen LogP contribution in [0.4, 0.5) is 0 Å². The Bertz CT molecular complexity index is 747. The molecule has 0 radical (unpaired) electrons. The monoisotopic (exact) mass is 507 g/mol. The van der Waals surface area contributed by atoms with Crippen LogP contribution in [-0.2, 0) is 4.79 Å². The zero-order chi connectivity index (χ0) is 22.3. The Hall–Kier alpha value is 0.260. The predicted molar refractivity (Wildman–Crippen MR) is 135 cm³/mol. The van der Waals surface area contributed by atoms with Gasteiger partial charge in [-0.05, 0) is 82.4 Å². The van der Waals surface area contributed by atoms with Crippen LogP contribution in [0.15, 0.2) is 11.6 Å². The fourth-order valence-electron chi connectivity index (χ4n) is 6.48. The summed E-state index contributed by atoms with van der Waals surface area (Å²) in [7, 11) is -0.0312. The maximum atomic E-state index is 12.3. The number of hydrogen-bond donors (Lipinski definition) is 1. The maximum Gasteiger partial charge on any atom is 0.332 e. The number of alkyl halides is 3. The molecule has 2 aliphatic carbocycles. The zero-order valence-electron chi connectivity index (χ0n) is 18.6. The summed E-state index contributed by atoms with van der Waals surface area (Å²) in [4.78, 5) is 13.8. The summed E-state index contributed by atoms with van der Waals surface area (Å²) >= 11 is 19.6. The van der Waals surface area contributed by atoms with Crippen LogP contribution in [0.1, 0.15) is 78.1 Å². The van der Waals surface area contributed by atoms with E-state index in [0.717, 1.165) is 51.4 Å². The van der Waals surface area contributed by atoms with E-state index in [1.54, 1.807) is 0 Å². The van der Waals surface area contributed by atoms with Crippen LogP contribution < -0.4 is 0 Å². The highest BCUT2D eigenvalue weighted by molar-refractivity contribution is 8.14. The van der Waals surface area contributed by atoms with Crippen molar-refractivity contribution in [3.05, 3.63) is 11.6 Å². The maximum absolute atomic E-state index is 12.3. The number of fused-ring (bicyclic) bond motifs is 1. The van der Waals surface area contributed by atoms with Gasteiger partial charge in [0, 0.05) is 33.3 Å². The number of nitrogens with zero attached hydrogens (tertiary/aromatic N) is 1. The van der Waals surface area contributed by atoms with Crippen molar-refractivity contribution in [3.63, 3.8) is 0 Å². The number of carbonyl (C=O) groups is 1. The Morgan fingerprint density at radius 1 is 1.19 bits per heavy atom. The molecular weight excluding hydrogens is 473 g/mol. The van der Waals surface area contributed by atoms with Crippen LogP contribution in [0.25, 0.3) is 0 Å². The molecule has 7 heteroatoms. The molecule has 0 aromatic carbocycles. The van der Waals surface area contributed by atoms with E-state index in [0.29, 0.717) is 28.2 Å². The lowest BCUT2D eigenvalue weighted by Gasteiger charge is -2.47. The minimum atomic E-state index is -0.762. The number of halogens is 3. The van der Waals surface area contributed by atoms with Crippen molar-refractivity contribution in [2.45, 2.75) is 112 Å². The van der Waals surface area contributed by atoms with Crippen LogP contribution in [0.2, 0.25) is 0 Å². The molecular formula is C24H36Cl3NO2S. The molecule has 0 aromatic rings. The second-order valence-electron chi connectivity index (χ2n) is 10.0. The van der Waals surface area contributed by atoms with Gasteiger partial charge in [-0.3, -0.25) is 0 Å². The molecule has 0 aromatic heterocycles. The van der Waals surface area contributed by atoms with Crippen molar-refractivity contribution in [1.82, 2.24) is 4.31 Å². The van der Waals surface area contributed by atoms with Crippen molar-refractivity contribution in [2.24, 2.45) is 11.8 Å². The predicted octanol–water partition coefficient (Wildman–Crippen LogP) is 6.81. The first-order valence-corrected chi connectivity index (χ1v) is 14.5. The zero-order valence-corrected chi connectivity index (χ0v) is 21.7. The molecule has 31 heavy (non-hydrogen) atoms. The highest BCUT2D eigenvalue weighted by Crippen LogP contribution is 2.54. The summed E-state index contributed by atoms with van der Waals surface area (Å²) in [6.45, 7) is 4.33. The van der Waals surface area contributed by atoms with Crippen LogP contribution >= 0.6 is 45.5 Å². The summed E-state index contributed by atoms with van der Waals surface area (Å²) in [5.74, 6) is -0.00274. The summed E-state index contributed by atoms with van der Waals surface area (Å²) in [5.41, 5.74) is 0.595. The molecule has 176 valence electrons. The van der Waals surface area contributed by atoms with Gasteiger partial charge in [0.2, 0.25) is 0 Å². The van der Waals surface area contributed by atoms with Gasteiger partial charge in [0.1, 0.15) is 0 Å². The summed E-state index contributed by atoms with van der Waals surface area (Å²) in [5, 5.41) is 11.3. The molecule has 0 saturated heterocycles. The molecule has 0 spiro atoms. The normalized spacial score (nSPS) is 42.7. The van der Waals surface area contributed by atoms with Gasteiger partial charge in [-0.1, -0.05) is 12.5 Å². The van der Waals surface area contributed by atoms with Gasteiger partial charge in [-0.2, -0.15) is 0 Å². The van der Waals surface area contributed by atoms with E-state index in [9.17, 15) is 9.90 Å². The molecule has 0 bridgehead atoms. The first kappa shape index (κ1) is 24.4. The molecule has 7 unspecified atom stereocenters. The Morgan fingerprint density at radius 3 is 2.52 bits per heavy atom. The van der Waals surface area contributed by atoms with Crippen LogP contribution in [0, 0.1) is 11.8 Å². The van der Waals surface area contributed by atoms with Crippen molar-refractivity contribution < 1.29 is 9.90 Å². The minimum absolute atomic E-state index is 0.0289. The Kier molecular flexibility index (Phi) is 8.07. The minimum Gasteiger partial charge on any atom is -0.478 e. The first-order valence-electron chi connectivity index (χ1n) is 12.0. The standard InChI is InChI=1S/C24H36Cl3NO2S/c1-14(25)12-21-15(2)31(19-8-6-17(26)7-9-19)28-22(16-4-3-5-18(27)13-16)11-10-20(23(21)28)24(29)30/h10,14,16-19,21-23H,3-9,11-13H2,1-2H3,(H,29,30). The lowest BCUT2D eigenvalue weighted by Crippen LogP contribution is -2.50. The van der Waals surface area contributed by atoms with Crippen LogP contribution in [0.3, 0.4) is 0 Å². The van der Waals surface area contributed by atoms with E-state index < -0.39 is 5.97 Å².